The molecular weight excluding hydrogens is 1030 g/mol. The van der Waals surface area contributed by atoms with Crippen LogP contribution in [0.15, 0.2) is 152 Å². The van der Waals surface area contributed by atoms with Crippen LogP contribution in [0.3, 0.4) is 0 Å². The molecule has 414 valence electrons. The van der Waals surface area contributed by atoms with E-state index in [9.17, 15) is 47.9 Å². The lowest BCUT2D eigenvalue weighted by molar-refractivity contribution is -0.0611. The average molecular weight is 1090 g/mol. The number of aliphatic hydroxyl groups excluding tert-OH is 2. The topological polar surface area (TPSA) is 294 Å². The fourth-order valence-electron chi connectivity index (χ4n) is 8.97. The Hall–Kier alpha value is -8.10. The second-order valence-corrected chi connectivity index (χ2v) is 18.7. The number of H-pyrrole nitrogens is 2. The summed E-state index contributed by atoms with van der Waals surface area (Å²) in [6, 6.07) is 28.5. The lowest BCUT2D eigenvalue weighted by Gasteiger charge is -2.27. The SMILES string of the molecule is CC[C@H]1O[C@@H](n2ccc(=O)[nH]c2=O)[C@](C)(F)[C@@H]1OC(=O)c1ccccc1.CC[C@H]1O[C@@H](n2ccc(NC(=O)c3ccccc3)nc2=O)[C@](C)(F)[C@@H]1OC(=O)c1ccccc1.C[C@@]1(F)[C@H](O)[C@@H](CO)O[C@H]1n1ccc(=O)[nH]c1=O. The standard InChI is InChI=1S/C25H24FN3O5.C18H19FN2O5.C10H13FN2O5/c1-3-18-20(34-22(31)17-12-8-5-9-13-17)25(2,26)23(33-18)29-15-14-19(28-24(29)32)27-21(30)16-10-6-4-7-11-16;1-3-12-14(26-15(23)11-7-5-4-6-8-11)18(2,19)16(25-12)21-10-9-13(22)20-17(21)24;1-10(11)7(16)5(4-14)18-8(10)13-3-2-6(15)12-9(13)17/h4-15,18,20,23H,3H2,1-2H3,(H,27,28,30,32);4-10,12,14,16H,3H2,1-2H3,(H,20,22,24);2-3,5,7-8,14,16H,4H2,1H3,(H,12,15,17)/t18-,20-,23-,25-;12-,14-,16-,18-;5-,7-,8-,10-/m111/s1. The van der Waals surface area contributed by atoms with Gasteiger partial charge < -0.3 is 39.2 Å². The smallest absolute Gasteiger partial charge is 0.351 e. The van der Waals surface area contributed by atoms with Crippen LogP contribution in [0, 0.1) is 0 Å². The van der Waals surface area contributed by atoms with Crippen molar-refractivity contribution in [1.29, 1.82) is 0 Å². The summed E-state index contributed by atoms with van der Waals surface area (Å²) in [7, 11) is 0. The van der Waals surface area contributed by atoms with E-state index in [4.69, 9.17) is 28.8 Å². The number of halogens is 3. The number of aromatic amines is 2. The number of esters is 2. The van der Waals surface area contributed by atoms with Gasteiger partial charge in [0.2, 0.25) is 0 Å². The molecule has 3 saturated heterocycles. The quantitative estimate of drug-likeness (QED) is 0.108. The molecule has 0 spiro atoms. The van der Waals surface area contributed by atoms with Gasteiger partial charge >= 0.3 is 29.0 Å². The molecule has 3 fully saturated rings. The number of nitrogens with zero attached hydrogens (tertiary/aromatic N) is 4. The van der Waals surface area contributed by atoms with Gasteiger partial charge in [-0.15, -0.1) is 0 Å². The number of alkyl halides is 3. The molecule has 0 unspecified atom stereocenters. The number of hydrogen-bond acceptors (Lipinski definition) is 16. The van der Waals surface area contributed by atoms with Crippen LogP contribution in [0.4, 0.5) is 19.0 Å². The fourth-order valence-corrected chi connectivity index (χ4v) is 8.97. The highest BCUT2D eigenvalue weighted by atomic mass is 19.2. The van der Waals surface area contributed by atoms with Crippen molar-refractivity contribution in [1.82, 2.24) is 28.7 Å². The largest absolute Gasteiger partial charge is 0.452 e. The molecule has 0 aliphatic carbocycles. The highest BCUT2D eigenvalue weighted by molar-refractivity contribution is 6.03. The van der Waals surface area contributed by atoms with E-state index in [1.807, 2.05) is 4.98 Å². The molecule has 3 aromatic carbocycles. The molecule has 3 aromatic heterocycles. The molecule has 3 aliphatic rings. The van der Waals surface area contributed by atoms with Crippen LogP contribution in [-0.4, -0.2) is 117 Å². The van der Waals surface area contributed by atoms with E-state index in [1.165, 1.54) is 26.1 Å². The first-order valence-electron chi connectivity index (χ1n) is 24.5. The van der Waals surface area contributed by atoms with Crippen molar-refractivity contribution in [3.8, 4) is 0 Å². The number of rotatable bonds is 12. The fraction of sp³-hybridized carbons (Fsp3) is 0.377. The van der Waals surface area contributed by atoms with E-state index in [1.54, 1.807) is 105 Å². The Balaban J connectivity index is 0.000000178. The van der Waals surface area contributed by atoms with Crippen LogP contribution in [0.1, 0.15) is 97.2 Å². The molecule has 12 atom stereocenters. The summed E-state index contributed by atoms with van der Waals surface area (Å²) in [5.41, 5.74) is -9.33. The lowest BCUT2D eigenvalue weighted by Crippen LogP contribution is -2.45. The van der Waals surface area contributed by atoms with Gasteiger partial charge in [-0.05, 0) is 76.1 Å². The number of anilines is 1. The van der Waals surface area contributed by atoms with Crippen LogP contribution in [0.2, 0.25) is 0 Å². The van der Waals surface area contributed by atoms with Crippen molar-refractivity contribution in [3.63, 3.8) is 0 Å². The number of carbonyl (C=O) groups excluding carboxylic acids is 3. The summed E-state index contributed by atoms with van der Waals surface area (Å²) in [5.74, 6) is -1.76. The van der Waals surface area contributed by atoms with Gasteiger partial charge in [0.25, 0.3) is 17.0 Å². The Bertz CT molecular complexity index is 3370. The van der Waals surface area contributed by atoms with Gasteiger partial charge in [-0.1, -0.05) is 68.4 Å². The zero-order valence-corrected chi connectivity index (χ0v) is 42.6. The monoisotopic (exact) mass is 1090 g/mol. The van der Waals surface area contributed by atoms with Gasteiger partial charge in [0.15, 0.2) is 47.9 Å². The number of carbonyl (C=O) groups is 3. The highest BCUT2D eigenvalue weighted by Gasteiger charge is 2.59. The summed E-state index contributed by atoms with van der Waals surface area (Å²) in [5, 5.41) is 21.1. The van der Waals surface area contributed by atoms with Gasteiger partial charge in [-0.2, -0.15) is 4.98 Å². The van der Waals surface area contributed by atoms with E-state index in [0.29, 0.717) is 24.0 Å². The van der Waals surface area contributed by atoms with Crippen LogP contribution < -0.4 is 33.5 Å². The summed E-state index contributed by atoms with van der Waals surface area (Å²) < 4.78 is 76.2. The number of aliphatic hydroxyl groups is 2. The van der Waals surface area contributed by atoms with Crippen LogP contribution >= 0.6 is 0 Å². The molecule has 0 bridgehead atoms. The second-order valence-electron chi connectivity index (χ2n) is 18.7. The Kier molecular flexibility index (Phi) is 17.8. The van der Waals surface area contributed by atoms with Crippen LogP contribution in [-0.2, 0) is 23.7 Å². The van der Waals surface area contributed by atoms with Crippen molar-refractivity contribution in [3.05, 3.63) is 197 Å². The van der Waals surface area contributed by atoms with Gasteiger partial charge in [0.05, 0.1) is 17.7 Å². The van der Waals surface area contributed by atoms with Crippen LogP contribution in [0.25, 0.3) is 0 Å². The number of benzene rings is 3. The van der Waals surface area contributed by atoms with Gasteiger partial charge in [0.1, 0.15) is 30.2 Å². The molecule has 78 heavy (non-hydrogen) atoms. The van der Waals surface area contributed by atoms with Crippen LogP contribution in [0.5, 0.6) is 0 Å². The summed E-state index contributed by atoms with van der Waals surface area (Å²) in [4.78, 5) is 104. The van der Waals surface area contributed by atoms with Crippen molar-refractivity contribution >= 4 is 23.7 Å². The molecule has 1 amide bonds. The van der Waals surface area contributed by atoms with E-state index in [2.05, 4.69) is 15.3 Å². The molecule has 6 aromatic rings. The van der Waals surface area contributed by atoms with Crippen molar-refractivity contribution in [2.24, 2.45) is 0 Å². The third kappa shape index (κ3) is 12.3. The summed E-state index contributed by atoms with van der Waals surface area (Å²) in [6.07, 6.45) is -6.46. The summed E-state index contributed by atoms with van der Waals surface area (Å²) in [6.45, 7) is 6.48. The molecule has 6 heterocycles. The first-order chi connectivity index (χ1) is 37.0. The lowest BCUT2D eigenvalue weighted by atomic mass is 9.96. The molecule has 22 nitrogen and oxygen atoms in total. The predicted octanol–water partition coefficient (Wildman–Crippen LogP) is 4.07. The van der Waals surface area contributed by atoms with Gasteiger partial charge in [-0.3, -0.25) is 38.1 Å². The molecule has 9 rings (SSSR count). The zero-order valence-electron chi connectivity index (χ0n) is 42.6. The first kappa shape index (κ1) is 57.6. The van der Waals surface area contributed by atoms with Gasteiger partial charge in [-0.25, -0.2) is 37.1 Å². The maximum Gasteiger partial charge on any atom is 0.351 e. The number of hydrogen-bond donors (Lipinski definition) is 5. The van der Waals surface area contributed by atoms with E-state index >= 15 is 8.78 Å². The average Bonchev–Trinajstić information content (AvgIpc) is 3.97. The number of ether oxygens (including phenoxy) is 5. The van der Waals surface area contributed by atoms with E-state index in [0.717, 1.165) is 45.2 Å². The molecule has 0 saturated carbocycles. The maximum atomic E-state index is 16.0. The zero-order chi connectivity index (χ0) is 56.7. The minimum absolute atomic E-state index is 0.0211. The molecule has 5 N–H and O–H groups in total. The third-order valence-corrected chi connectivity index (χ3v) is 13.1. The summed E-state index contributed by atoms with van der Waals surface area (Å²) >= 11 is 0. The van der Waals surface area contributed by atoms with E-state index < -0.39 is 125 Å². The maximum absolute atomic E-state index is 16.0. The van der Waals surface area contributed by atoms with Crippen molar-refractivity contribution < 1.29 is 61.5 Å². The second kappa shape index (κ2) is 24.1. The van der Waals surface area contributed by atoms with Gasteiger partial charge in [0, 0.05) is 36.3 Å². The Morgan fingerprint density at radius 3 is 1.36 bits per heavy atom. The predicted molar refractivity (Wildman–Crippen MR) is 271 cm³/mol. The van der Waals surface area contributed by atoms with Crippen molar-refractivity contribution in [2.45, 2.75) is 120 Å². The number of nitrogens with one attached hydrogen (secondary N) is 3. The molecular formula is C53H56F3N7O15. The highest BCUT2D eigenvalue weighted by Crippen LogP contribution is 2.45. The van der Waals surface area contributed by atoms with E-state index in [-0.39, 0.29) is 11.4 Å². The number of amides is 1. The Morgan fingerprint density at radius 1 is 0.590 bits per heavy atom. The Labute approximate surface area is 441 Å². The van der Waals surface area contributed by atoms with Crippen molar-refractivity contribution in [2.75, 3.05) is 11.9 Å². The first-order valence-corrected chi connectivity index (χ1v) is 24.5. The molecule has 25 heteroatoms. The third-order valence-electron chi connectivity index (χ3n) is 13.1. The normalized spacial score (nSPS) is 28.1. The minimum atomic E-state index is -2.25. The molecule has 3 aliphatic heterocycles. The number of aromatic nitrogens is 6. The Morgan fingerprint density at radius 2 is 0.974 bits per heavy atom. The molecule has 0 radical (unpaired) electrons. The minimum Gasteiger partial charge on any atom is -0.452 e.